The van der Waals surface area contributed by atoms with E-state index in [0.29, 0.717) is 12.2 Å². The smallest absolute Gasteiger partial charge is 0.252 e. The Kier molecular flexibility index (Phi) is 4.96. The number of ether oxygens (including phenoxy) is 1. The molecule has 88 valence electrons. The fourth-order valence-corrected chi connectivity index (χ4v) is 1.83. The summed E-state index contributed by atoms with van der Waals surface area (Å²) < 4.78 is 5.77. The van der Waals surface area contributed by atoms with Gasteiger partial charge in [-0.2, -0.15) is 0 Å². The molecule has 0 saturated carbocycles. The standard InChI is InChI=1S/C12H16BrNO2/c1-8-4-5-11(13)10(6-8)12(15)14-9(2)7-16-3/h4-6,9H,7H2,1-3H3,(H,14,15). The number of nitrogens with one attached hydrogen (secondary N) is 1. The molecule has 0 saturated heterocycles. The lowest BCUT2D eigenvalue weighted by molar-refractivity contribution is 0.0904. The number of carbonyl (C=O) groups excluding carboxylic acids is 1. The van der Waals surface area contributed by atoms with E-state index in [1.165, 1.54) is 0 Å². The summed E-state index contributed by atoms with van der Waals surface area (Å²) in [5.41, 5.74) is 1.72. The molecule has 4 heteroatoms. The third-order valence-corrected chi connectivity index (χ3v) is 2.85. The fourth-order valence-electron chi connectivity index (χ4n) is 1.41. The summed E-state index contributed by atoms with van der Waals surface area (Å²) in [6.07, 6.45) is 0. The molecule has 0 heterocycles. The van der Waals surface area contributed by atoms with Gasteiger partial charge in [-0.25, -0.2) is 0 Å². The minimum atomic E-state index is -0.0832. The molecule has 0 bridgehead atoms. The van der Waals surface area contributed by atoms with Gasteiger partial charge in [-0.05, 0) is 41.9 Å². The topological polar surface area (TPSA) is 38.3 Å². The molecular formula is C12H16BrNO2. The van der Waals surface area contributed by atoms with Gasteiger partial charge in [-0.15, -0.1) is 0 Å². The van der Waals surface area contributed by atoms with Gasteiger partial charge in [0.25, 0.3) is 5.91 Å². The highest BCUT2D eigenvalue weighted by atomic mass is 79.9. The molecule has 1 unspecified atom stereocenters. The normalized spacial score (nSPS) is 12.2. The van der Waals surface area contributed by atoms with E-state index < -0.39 is 0 Å². The number of methoxy groups -OCH3 is 1. The molecule has 0 aliphatic rings. The lowest BCUT2D eigenvalue weighted by Gasteiger charge is -2.13. The van der Waals surface area contributed by atoms with Crippen LogP contribution in [-0.4, -0.2) is 25.7 Å². The van der Waals surface area contributed by atoms with E-state index >= 15 is 0 Å². The Hall–Kier alpha value is -0.870. The van der Waals surface area contributed by atoms with Crippen molar-refractivity contribution in [3.63, 3.8) is 0 Å². The first-order valence-electron chi connectivity index (χ1n) is 5.10. The molecule has 0 fully saturated rings. The summed E-state index contributed by atoms with van der Waals surface area (Å²) in [7, 11) is 1.62. The Bertz CT molecular complexity index is 379. The molecule has 3 nitrogen and oxygen atoms in total. The van der Waals surface area contributed by atoms with Gasteiger partial charge in [-0.1, -0.05) is 11.6 Å². The van der Waals surface area contributed by atoms with Gasteiger partial charge >= 0.3 is 0 Å². The summed E-state index contributed by atoms with van der Waals surface area (Å²) in [6.45, 7) is 4.38. The monoisotopic (exact) mass is 285 g/mol. The summed E-state index contributed by atoms with van der Waals surface area (Å²) in [6, 6.07) is 5.70. The number of halogens is 1. The molecular weight excluding hydrogens is 270 g/mol. The van der Waals surface area contributed by atoms with E-state index in [1.807, 2.05) is 32.0 Å². The van der Waals surface area contributed by atoms with E-state index in [-0.39, 0.29) is 11.9 Å². The highest BCUT2D eigenvalue weighted by molar-refractivity contribution is 9.10. The van der Waals surface area contributed by atoms with Crippen LogP contribution in [0, 0.1) is 6.92 Å². The molecule has 0 aromatic heterocycles. The molecule has 0 spiro atoms. The minimum absolute atomic E-state index is 0.00455. The molecule has 1 aromatic carbocycles. The van der Waals surface area contributed by atoms with Crippen LogP contribution >= 0.6 is 15.9 Å². The molecule has 1 N–H and O–H groups in total. The Balaban J connectivity index is 2.76. The van der Waals surface area contributed by atoms with Crippen molar-refractivity contribution in [2.75, 3.05) is 13.7 Å². The van der Waals surface area contributed by atoms with Crippen LogP contribution in [-0.2, 0) is 4.74 Å². The molecule has 1 rings (SSSR count). The van der Waals surface area contributed by atoms with Crippen LogP contribution in [0.25, 0.3) is 0 Å². The van der Waals surface area contributed by atoms with Crippen molar-refractivity contribution in [2.24, 2.45) is 0 Å². The molecule has 0 radical (unpaired) electrons. The number of hydrogen-bond donors (Lipinski definition) is 1. The van der Waals surface area contributed by atoms with E-state index in [9.17, 15) is 4.79 Å². The molecule has 0 aliphatic heterocycles. The SMILES string of the molecule is COCC(C)NC(=O)c1cc(C)ccc1Br. The van der Waals surface area contributed by atoms with Crippen molar-refractivity contribution in [3.05, 3.63) is 33.8 Å². The second kappa shape index (κ2) is 6.01. The van der Waals surface area contributed by atoms with Crippen molar-refractivity contribution in [3.8, 4) is 0 Å². The molecule has 1 atom stereocenters. The third kappa shape index (κ3) is 3.61. The summed E-state index contributed by atoms with van der Waals surface area (Å²) in [5, 5.41) is 2.87. The average molecular weight is 286 g/mol. The van der Waals surface area contributed by atoms with Crippen LogP contribution < -0.4 is 5.32 Å². The van der Waals surface area contributed by atoms with Crippen molar-refractivity contribution >= 4 is 21.8 Å². The number of aryl methyl sites for hydroxylation is 1. The van der Waals surface area contributed by atoms with Gasteiger partial charge in [0, 0.05) is 17.6 Å². The molecule has 1 aromatic rings. The van der Waals surface area contributed by atoms with Gasteiger partial charge < -0.3 is 10.1 Å². The first kappa shape index (κ1) is 13.2. The maximum absolute atomic E-state index is 11.9. The Morgan fingerprint density at radius 2 is 2.25 bits per heavy atom. The van der Waals surface area contributed by atoms with E-state index in [0.717, 1.165) is 10.0 Å². The second-order valence-electron chi connectivity index (χ2n) is 3.81. The number of amides is 1. The Morgan fingerprint density at radius 3 is 2.88 bits per heavy atom. The summed E-state index contributed by atoms with van der Waals surface area (Å²) >= 11 is 3.37. The molecule has 16 heavy (non-hydrogen) atoms. The highest BCUT2D eigenvalue weighted by Crippen LogP contribution is 2.18. The van der Waals surface area contributed by atoms with Crippen molar-refractivity contribution in [1.82, 2.24) is 5.32 Å². The zero-order valence-electron chi connectivity index (χ0n) is 9.71. The van der Waals surface area contributed by atoms with Crippen LogP contribution in [0.5, 0.6) is 0 Å². The van der Waals surface area contributed by atoms with Crippen LogP contribution in [0.3, 0.4) is 0 Å². The van der Waals surface area contributed by atoms with Gasteiger partial charge in [0.2, 0.25) is 0 Å². The fraction of sp³-hybridized carbons (Fsp3) is 0.417. The average Bonchev–Trinajstić information content (AvgIpc) is 2.21. The van der Waals surface area contributed by atoms with Crippen molar-refractivity contribution in [2.45, 2.75) is 19.9 Å². The Labute approximate surface area is 104 Å². The van der Waals surface area contributed by atoms with Crippen LogP contribution in [0.4, 0.5) is 0 Å². The second-order valence-corrected chi connectivity index (χ2v) is 4.67. The zero-order chi connectivity index (χ0) is 12.1. The zero-order valence-corrected chi connectivity index (χ0v) is 11.3. The maximum atomic E-state index is 11.9. The highest BCUT2D eigenvalue weighted by Gasteiger charge is 2.12. The number of hydrogen-bond acceptors (Lipinski definition) is 2. The van der Waals surface area contributed by atoms with Gasteiger partial charge in [-0.3, -0.25) is 4.79 Å². The van der Waals surface area contributed by atoms with Crippen LogP contribution in [0.2, 0.25) is 0 Å². The molecule has 0 aliphatic carbocycles. The van der Waals surface area contributed by atoms with Gasteiger partial charge in [0.15, 0.2) is 0 Å². The summed E-state index contributed by atoms with van der Waals surface area (Å²) in [5.74, 6) is -0.0832. The predicted octanol–water partition coefficient (Wildman–Crippen LogP) is 2.52. The lowest BCUT2D eigenvalue weighted by atomic mass is 10.1. The third-order valence-electron chi connectivity index (χ3n) is 2.16. The maximum Gasteiger partial charge on any atom is 0.252 e. The number of carbonyl (C=O) groups is 1. The van der Waals surface area contributed by atoms with Crippen molar-refractivity contribution < 1.29 is 9.53 Å². The first-order valence-corrected chi connectivity index (χ1v) is 5.90. The van der Waals surface area contributed by atoms with E-state index in [1.54, 1.807) is 7.11 Å². The predicted molar refractivity (Wildman–Crippen MR) is 67.7 cm³/mol. The minimum Gasteiger partial charge on any atom is -0.383 e. The first-order chi connectivity index (χ1) is 7.54. The summed E-state index contributed by atoms with van der Waals surface area (Å²) in [4.78, 5) is 11.9. The van der Waals surface area contributed by atoms with Gasteiger partial charge in [0.1, 0.15) is 0 Å². The van der Waals surface area contributed by atoms with Crippen LogP contribution in [0.15, 0.2) is 22.7 Å². The quantitative estimate of drug-likeness (QED) is 0.923. The largest absolute Gasteiger partial charge is 0.383 e. The van der Waals surface area contributed by atoms with Crippen LogP contribution in [0.1, 0.15) is 22.8 Å². The Morgan fingerprint density at radius 1 is 1.56 bits per heavy atom. The number of benzene rings is 1. The number of rotatable bonds is 4. The van der Waals surface area contributed by atoms with Crippen molar-refractivity contribution in [1.29, 1.82) is 0 Å². The lowest BCUT2D eigenvalue weighted by Crippen LogP contribution is -2.35. The van der Waals surface area contributed by atoms with Gasteiger partial charge in [0.05, 0.1) is 12.2 Å². The molecule has 1 amide bonds. The van der Waals surface area contributed by atoms with E-state index in [2.05, 4.69) is 21.2 Å². The van der Waals surface area contributed by atoms with E-state index in [4.69, 9.17) is 4.74 Å².